The van der Waals surface area contributed by atoms with Crippen LogP contribution in [0.2, 0.25) is 5.02 Å². The summed E-state index contributed by atoms with van der Waals surface area (Å²) in [7, 11) is 1.58. The van der Waals surface area contributed by atoms with Crippen LogP contribution in [0.1, 0.15) is 34.0 Å². The lowest BCUT2D eigenvalue weighted by Gasteiger charge is -2.21. The van der Waals surface area contributed by atoms with Gasteiger partial charge in [-0.1, -0.05) is 11.6 Å². The number of hydrogen-bond acceptors (Lipinski definition) is 6. The number of halogens is 1. The number of aromatic nitrogens is 3. The van der Waals surface area contributed by atoms with Gasteiger partial charge in [0.15, 0.2) is 0 Å². The van der Waals surface area contributed by atoms with Crippen LogP contribution in [0.3, 0.4) is 0 Å². The molecular weight excluding hydrogens is 352 g/mol. The van der Waals surface area contributed by atoms with E-state index in [4.69, 9.17) is 11.6 Å². The zero-order valence-corrected chi connectivity index (χ0v) is 16.0. The molecule has 1 atom stereocenters. The van der Waals surface area contributed by atoms with Gasteiger partial charge >= 0.3 is 0 Å². The lowest BCUT2D eigenvalue weighted by atomic mass is 10.2. The summed E-state index contributed by atoms with van der Waals surface area (Å²) in [5, 5.41) is 6.76. The van der Waals surface area contributed by atoms with E-state index in [0.29, 0.717) is 17.6 Å². The highest BCUT2D eigenvalue weighted by Crippen LogP contribution is 2.24. The van der Waals surface area contributed by atoms with Crippen molar-refractivity contribution in [2.45, 2.75) is 32.9 Å². The number of amides is 1. The van der Waals surface area contributed by atoms with E-state index >= 15 is 0 Å². The highest BCUT2D eigenvalue weighted by atomic mass is 35.5. The summed E-state index contributed by atoms with van der Waals surface area (Å²) in [6.45, 7) is 6.32. The fourth-order valence-electron chi connectivity index (χ4n) is 3.01. The summed E-state index contributed by atoms with van der Waals surface area (Å²) < 4.78 is 0. The summed E-state index contributed by atoms with van der Waals surface area (Å²) >= 11 is 5.87. The molecule has 26 heavy (non-hydrogen) atoms. The SMILES string of the molecule is CNC(=O)c1nc(C)c(C)c(N2CC[C@@H](NCc3ccc(Cl)cn3)C2)n1. The quantitative estimate of drug-likeness (QED) is 0.831. The van der Waals surface area contributed by atoms with E-state index in [1.165, 1.54) is 0 Å². The molecule has 3 rings (SSSR count). The van der Waals surface area contributed by atoms with Gasteiger partial charge in [-0.2, -0.15) is 0 Å². The normalized spacial score (nSPS) is 16.8. The molecule has 2 N–H and O–H groups in total. The Morgan fingerprint density at radius 1 is 1.35 bits per heavy atom. The number of hydrogen-bond donors (Lipinski definition) is 2. The van der Waals surface area contributed by atoms with E-state index in [1.54, 1.807) is 13.2 Å². The number of pyridine rings is 1. The minimum absolute atomic E-state index is 0.215. The number of aryl methyl sites for hydroxylation is 1. The molecule has 0 radical (unpaired) electrons. The van der Waals surface area contributed by atoms with E-state index < -0.39 is 0 Å². The Kier molecular flexibility index (Phi) is 5.68. The lowest BCUT2D eigenvalue weighted by Crippen LogP contribution is -2.33. The number of nitrogens with zero attached hydrogens (tertiary/aromatic N) is 4. The molecule has 0 bridgehead atoms. The molecule has 0 aliphatic carbocycles. The minimum atomic E-state index is -0.267. The summed E-state index contributed by atoms with van der Waals surface area (Å²) in [6.07, 6.45) is 2.66. The van der Waals surface area contributed by atoms with Crippen molar-refractivity contribution in [3.63, 3.8) is 0 Å². The van der Waals surface area contributed by atoms with Gasteiger partial charge in [-0.15, -0.1) is 0 Å². The molecule has 0 aromatic carbocycles. The van der Waals surface area contributed by atoms with Crippen molar-refractivity contribution in [2.24, 2.45) is 0 Å². The Bertz CT molecular complexity index is 795. The van der Waals surface area contributed by atoms with Crippen LogP contribution in [0.25, 0.3) is 0 Å². The second kappa shape index (κ2) is 7.97. The van der Waals surface area contributed by atoms with E-state index in [2.05, 4.69) is 30.5 Å². The molecule has 2 aromatic heterocycles. The third-order valence-corrected chi connectivity index (χ3v) is 4.87. The predicted octanol–water partition coefficient (Wildman–Crippen LogP) is 1.87. The average molecular weight is 375 g/mol. The Morgan fingerprint density at radius 3 is 2.85 bits per heavy atom. The van der Waals surface area contributed by atoms with Crippen molar-refractivity contribution < 1.29 is 4.79 Å². The van der Waals surface area contributed by atoms with Gasteiger partial charge in [0.25, 0.3) is 5.91 Å². The molecule has 1 fully saturated rings. The Morgan fingerprint density at radius 2 is 2.15 bits per heavy atom. The number of nitrogens with one attached hydrogen (secondary N) is 2. The Balaban J connectivity index is 1.67. The van der Waals surface area contributed by atoms with Gasteiger partial charge in [0.1, 0.15) is 5.82 Å². The van der Waals surface area contributed by atoms with E-state index in [9.17, 15) is 4.79 Å². The van der Waals surface area contributed by atoms with Crippen LogP contribution in [0.4, 0.5) is 5.82 Å². The van der Waals surface area contributed by atoms with E-state index in [0.717, 1.165) is 42.3 Å². The zero-order chi connectivity index (χ0) is 18.7. The van der Waals surface area contributed by atoms with Gasteiger partial charge in [0.05, 0.1) is 10.7 Å². The first-order valence-electron chi connectivity index (χ1n) is 8.64. The third kappa shape index (κ3) is 4.11. The van der Waals surface area contributed by atoms with Crippen LogP contribution < -0.4 is 15.5 Å². The molecule has 0 spiro atoms. The van der Waals surface area contributed by atoms with E-state index in [-0.39, 0.29) is 11.7 Å². The lowest BCUT2D eigenvalue weighted by molar-refractivity contribution is 0.0952. The summed E-state index contributed by atoms with van der Waals surface area (Å²) in [5.41, 5.74) is 2.80. The molecule has 1 saturated heterocycles. The van der Waals surface area contributed by atoms with Gasteiger partial charge in [-0.05, 0) is 32.4 Å². The number of carbonyl (C=O) groups excluding carboxylic acids is 1. The second-order valence-corrected chi connectivity index (χ2v) is 6.88. The molecule has 2 aromatic rings. The smallest absolute Gasteiger partial charge is 0.288 e. The number of carbonyl (C=O) groups is 1. The first-order chi connectivity index (χ1) is 12.5. The van der Waals surface area contributed by atoms with Crippen LogP contribution in [0.5, 0.6) is 0 Å². The van der Waals surface area contributed by atoms with Gasteiger partial charge < -0.3 is 15.5 Å². The van der Waals surface area contributed by atoms with Gasteiger partial charge in [0, 0.05) is 50.2 Å². The van der Waals surface area contributed by atoms with Crippen molar-refractivity contribution in [3.8, 4) is 0 Å². The molecule has 7 nitrogen and oxygen atoms in total. The maximum Gasteiger partial charge on any atom is 0.288 e. The molecular formula is C18H23ClN6O. The van der Waals surface area contributed by atoms with Gasteiger partial charge in [-0.25, -0.2) is 9.97 Å². The topological polar surface area (TPSA) is 83.0 Å². The van der Waals surface area contributed by atoms with Crippen LogP contribution in [-0.2, 0) is 6.54 Å². The van der Waals surface area contributed by atoms with Crippen molar-refractivity contribution in [1.82, 2.24) is 25.6 Å². The fourth-order valence-corrected chi connectivity index (χ4v) is 3.13. The number of rotatable bonds is 5. The maximum atomic E-state index is 11.9. The fraction of sp³-hybridized carbons (Fsp3) is 0.444. The summed E-state index contributed by atoms with van der Waals surface area (Å²) in [5.74, 6) is 0.787. The van der Waals surface area contributed by atoms with E-state index in [1.807, 2.05) is 26.0 Å². The summed E-state index contributed by atoms with van der Waals surface area (Å²) in [6, 6.07) is 4.11. The van der Waals surface area contributed by atoms with Gasteiger partial charge in [-0.3, -0.25) is 9.78 Å². The number of anilines is 1. The summed E-state index contributed by atoms with van der Waals surface area (Å²) in [4.78, 5) is 27.2. The van der Waals surface area contributed by atoms with Crippen molar-refractivity contribution in [2.75, 3.05) is 25.0 Å². The van der Waals surface area contributed by atoms with Gasteiger partial charge in [0.2, 0.25) is 5.82 Å². The Labute approximate surface area is 158 Å². The maximum absolute atomic E-state index is 11.9. The van der Waals surface area contributed by atoms with Crippen LogP contribution in [0.15, 0.2) is 18.3 Å². The second-order valence-electron chi connectivity index (χ2n) is 6.44. The first kappa shape index (κ1) is 18.5. The third-order valence-electron chi connectivity index (χ3n) is 4.64. The highest BCUT2D eigenvalue weighted by molar-refractivity contribution is 6.30. The molecule has 1 aliphatic heterocycles. The van der Waals surface area contributed by atoms with Crippen molar-refractivity contribution in [3.05, 3.63) is 46.1 Å². The molecule has 3 heterocycles. The standard InChI is InChI=1S/C18H23ClN6O/c1-11-12(2)23-16(18(26)20-3)24-17(11)25-7-6-15(10-25)22-9-14-5-4-13(19)8-21-14/h4-5,8,15,22H,6-7,9-10H2,1-3H3,(H,20,26)/t15-/m1/s1. The molecule has 138 valence electrons. The first-order valence-corrected chi connectivity index (χ1v) is 9.02. The van der Waals surface area contributed by atoms with Crippen LogP contribution >= 0.6 is 11.6 Å². The molecule has 0 saturated carbocycles. The van der Waals surface area contributed by atoms with Crippen molar-refractivity contribution in [1.29, 1.82) is 0 Å². The largest absolute Gasteiger partial charge is 0.355 e. The molecule has 8 heteroatoms. The highest BCUT2D eigenvalue weighted by Gasteiger charge is 2.26. The average Bonchev–Trinajstić information content (AvgIpc) is 3.11. The minimum Gasteiger partial charge on any atom is -0.355 e. The molecule has 1 aliphatic rings. The Hall–Kier alpha value is -2.25. The van der Waals surface area contributed by atoms with Crippen molar-refractivity contribution >= 4 is 23.3 Å². The monoisotopic (exact) mass is 374 g/mol. The van der Waals surface area contributed by atoms with Crippen LogP contribution in [-0.4, -0.2) is 47.0 Å². The molecule has 0 unspecified atom stereocenters. The zero-order valence-electron chi connectivity index (χ0n) is 15.2. The molecule has 1 amide bonds. The predicted molar refractivity (Wildman–Crippen MR) is 102 cm³/mol. The van der Waals surface area contributed by atoms with Crippen LogP contribution in [0, 0.1) is 13.8 Å².